The van der Waals surface area contributed by atoms with E-state index in [9.17, 15) is 14.4 Å². The predicted molar refractivity (Wildman–Crippen MR) is 137 cm³/mol. The Hall–Kier alpha value is -2.57. The molecule has 1 aromatic carbocycles. The first-order chi connectivity index (χ1) is 16.0. The molecule has 0 saturated heterocycles. The van der Waals surface area contributed by atoms with Crippen LogP contribution in [0, 0.1) is 0 Å². The lowest BCUT2D eigenvalue weighted by molar-refractivity contribution is -0.142. The van der Waals surface area contributed by atoms with Crippen molar-refractivity contribution < 1.29 is 19.1 Å². The highest BCUT2D eigenvalue weighted by Crippen LogP contribution is 2.24. The van der Waals surface area contributed by atoms with Crippen molar-refractivity contribution in [1.29, 1.82) is 0 Å². The summed E-state index contributed by atoms with van der Waals surface area (Å²) in [4.78, 5) is 40.8. The van der Waals surface area contributed by atoms with E-state index in [0.29, 0.717) is 13.1 Å². The van der Waals surface area contributed by atoms with Crippen LogP contribution in [0.25, 0.3) is 0 Å². The number of unbranched alkanes of at least 4 members (excludes halogenated alkanes) is 3. The summed E-state index contributed by atoms with van der Waals surface area (Å²) >= 11 is 0. The Morgan fingerprint density at radius 1 is 0.971 bits per heavy atom. The summed E-state index contributed by atoms with van der Waals surface area (Å²) in [5.41, 5.74) is 1.26. The Bertz CT molecular complexity index is 771. The van der Waals surface area contributed by atoms with Crippen LogP contribution in [0.15, 0.2) is 24.3 Å². The Kier molecular flexibility index (Phi) is 12.7. The van der Waals surface area contributed by atoms with Crippen LogP contribution in [0.2, 0.25) is 0 Å². The van der Waals surface area contributed by atoms with Crippen molar-refractivity contribution in [2.75, 3.05) is 13.1 Å². The largest absolute Gasteiger partial charge is 0.444 e. The second-order valence-electron chi connectivity index (χ2n) is 9.75. The van der Waals surface area contributed by atoms with Gasteiger partial charge in [-0.15, -0.1) is 0 Å². The van der Waals surface area contributed by atoms with E-state index in [1.807, 2.05) is 31.2 Å². The van der Waals surface area contributed by atoms with E-state index < -0.39 is 23.8 Å². The van der Waals surface area contributed by atoms with Crippen molar-refractivity contribution in [1.82, 2.24) is 15.5 Å². The minimum atomic E-state index is -0.836. The molecule has 3 amide bonds. The lowest BCUT2D eigenvalue weighted by atomic mass is 10.00. The molecule has 0 aromatic heterocycles. The van der Waals surface area contributed by atoms with Gasteiger partial charge in [0.25, 0.3) is 0 Å². The van der Waals surface area contributed by atoms with Crippen molar-refractivity contribution in [3.05, 3.63) is 35.4 Å². The van der Waals surface area contributed by atoms with Crippen LogP contribution in [-0.4, -0.2) is 47.5 Å². The number of alkyl carbamates (subject to hydrolysis) is 1. The first-order valence-corrected chi connectivity index (χ1v) is 12.7. The summed E-state index contributed by atoms with van der Waals surface area (Å²) in [6, 6.07) is 6.24. The summed E-state index contributed by atoms with van der Waals surface area (Å²) < 4.78 is 5.31. The van der Waals surface area contributed by atoms with E-state index in [-0.39, 0.29) is 11.8 Å². The van der Waals surface area contributed by atoms with Gasteiger partial charge in [-0.2, -0.15) is 0 Å². The summed E-state index contributed by atoms with van der Waals surface area (Å²) in [5, 5.41) is 5.65. The van der Waals surface area contributed by atoms with Crippen LogP contribution in [0.1, 0.15) is 97.7 Å². The molecule has 1 rings (SSSR count). The molecule has 0 aliphatic heterocycles. The highest BCUT2D eigenvalue weighted by Gasteiger charge is 2.34. The number of hydrogen-bond donors (Lipinski definition) is 2. The Balaban J connectivity index is 3.22. The SMILES string of the molecule is CCCCCNC(=O)C(c1ccc(CC)cc1)N(CCCC)C(=O)C(C)NC(=O)OC(C)(C)C. The minimum Gasteiger partial charge on any atom is -0.444 e. The van der Waals surface area contributed by atoms with Gasteiger partial charge < -0.3 is 20.3 Å². The molecular formula is C27H45N3O4. The molecule has 0 bridgehead atoms. The van der Waals surface area contributed by atoms with Crippen molar-refractivity contribution in [2.45, 2.75) is 105 Å². The molecule has 192 valence electrons. The van der Waals surface area contributed by atoms with E-state index in [4.69, 9.17) is 4.74 Å². The number of ether oxygens (including phenoxy) is 1. The fraction of sp³-hybridized carbons (Fsp3) is 0.667. The molecule has 0 aliphatic carbocycles. The number of rotatable bonds is 13. The van der Waals surface area contributed by atoms with Crippen molar-refractivity contribution in [2.24, 2.45) is 0 Å². The van der Waals surface area contributed by atoms with Gasteiger partial charge in [0, 0.05) is 13.1 Å². The number of aryl methyl sites for hydroxylation is 1. The third kappa shape index (κ3) is 10.1. The zero-order valence-corrected chi connectivity index (χ0v) is 22.2. The van der Waals surface area contributed by atoms with Gasteiger partial charge in [0.1, 0.15) is 17.7 Å². The molecule has 7 heteroatoms. The maximum absolute atomic E-state index is 13.5. The highest BCUT2D eigenvalue weighted by atomic mass is 16.6. The fourth-order valence-corrected chi connectivity index (χ4v) is 3.58. The fourth-order valence-electron chi connectivity index (χ4n) is 3.58. The number of carbonyl (C=O) groups excluding carboxylic acids is 3. The maximum atomic E-state index is 13.5. The van der Waals surface area contributed by atoms with Crippen LogP contribution in [0.5, 0.6) is 0 Å². The van der Waals surface area contributed by atoms with Crippen LogP contribution >= 0.6 is 0 Å². The molecule has 0 radical (unpaired) electrons. The monoisotopic (exact) mass is 475 g/mol. The van der Waals surface area contributed by atoms with Crippen molar-refractivity contribution in [3.8, 4) is 0 Å². The van der Waals surface area contributed by atoms with Crippen LogP contribution in [0.3, 0.4) is 0 Å². The van der Waals surface area contributed by atoms with E-state index in [1.54, 1.807) is 32.6 Å². The number of carbonyl (C=O) groups is 3. The van der Waals surface area contributed by atoms with Crippen LogP contribution in [-0.2, 0) is 20.7 Å². The molecule has 2 N–H and O–H groups in total. The zero-order chi connectivity index (χ0) is 25.7. The van der Waals surface area contributed by atoms with Gasteiger partial charge in [0.2, 0.25) is 11.8 Å². The van der Waals surface area contributed by atoms with Gasteiger partial charge in [-0.3, -0.25) is 9.59 Å². The van der Waals surface area contributed by atoms with Crippen molar-refractivity contribution >= 4 is 17.9 Å². The van der Waals surface area contributed by atoms with Gasteiger partial charge in [-0.25, -0.2) is 4.79 Å². The van der Waals surface area contributed by atoms with Gasteiger partial charge in [0.15, 0.2) is 0 Å². The Labute approximate surface area is 206 Å². The minimum absolute atomic E-state index is 0.200. The summed E-state index contributed by atoms with van der Waals surface area (Å²) in [7, 11) is 0. The first-order valence-electron chi connectivity index (χ1n) is 12.7. The molecule has 7 nitrogen and oxygen atoms in total. The number of hydrogen-bond acceptors (Lipinski definition) is 4. The average molecular weight is 476 g/mol. The lowest BCUT2D eigenvalue weighted by Crippen LogP contribution is -2.52. The van der Waals surface area contributed by atoms with E-state index in [0.717, 1.165) is 49.7 Å². The third-order valence-corrected chi connectivity index (χ3v) is 5.48. The number of nitrogens with zero attached hydrogens (tertiary/aromatic N) is 1. The molecule has 1 aromatic rings. The molecule has 0 fully saturated rings. The third-order valence-electron chi connectivity index (χ3n) is 5.48. The number of benzene rings is 1. The van der Waals surface area contributed by atoms with E-state index in [2.05, 4.69) is 24.5 Å². The van der Waals surface area contributed by atoms with Crippen molar-refractivity contribution in [3.63, 3.8) is 0 Å². The average Bonchev–Trinajstić information content (AvgIpc) is 2.77. The highest BCUT2D eigenvalue weighted by molar-refractivity contribution is 5.92. The van der Waals surface area contributed by atoms with E-state index >= 15 is 0 Å². The van der Waals surface area contributed by atoms with Crippen LogP contribution in [0.4, 0.5) is 4.79 Å². The number of nitrogens with one attached hydrogen (secondary N) is 2. The van der Waals surface area contributed by atoms with E-state index in [1.165, 1.54) is 0 Å². The second kappa shape index (κ2) is 14.6. The molecule has 0 aliphatic rings. The van der Waals surface area contributed by atoms with Gasteiger partial charge in [-0.1, -0.05) is 64.3 Å². The molecule has 2 atom stereocenters. The molecule has 0 spiro atoms. The first kappa shape index (κ1) is 29.5. The Morgan fingerprint density at radius 2 is 1.59 bits per heavy atom. The lowest BCUT2D eigenvalue weighted by Gasteiger charge is -2.33. The molecule has 0 heterocycles. The number of amides is 3. The molecular weight excluding hydrogens is 430 g/mol. The van der Waals surface area contributed by atoms with Gasteiger partial charge in [-0.05, 0) is 58.1 Å². The quantitative estimate of drug-likeness (QED) is 0.387. The maximum Gasteiger partial charge on any atom is 0.408 e. The van der Waals surface area contributed by atoms with Gasteiger partial charge in [0.05, 0.1) is 0 Å². The smallest absolute Gasteiger partial charge is 0.408 e. The summed E-state index contributed by atoms with van der Waals surface area (Å²) in [6.45, 7) is 14.2. The zero-order valence-electron chi connectivity index (χ0n) is 22.2. The normalized spacial score (nSPS) is 13.0. The molecule has 2 unspecified atom stereocenters. The molecule has 0 saturated carbocycles. The predicted octanol–water partition coefficient (Wildman–Crippen LogP) is 5.14. The Morgan fingerprint density at radius 3 is 2.12 bits per heavy atom. The summed E-state index contributed by atoms with van der Waals surface area (Å²) in [6.07, 6.45) is 4.84. The van der Waals surface area contributed by atoms with Crippen LogP contribution < -0.4 is 10.6 Å². The summed E-state index contributed by atoms with van der Waals surface area (Å²) in [5.74, 6) is -0.512. The van der Waals surface area contributed by atoms with Gasteiger partial charge >= 0.3 is 6.09 Å². The second-order valence-corrected chi connectivity index (χ2v) is 9.75. The molecule has 34 heavy (non-hydrogen) atoms. The standard InChI is InChI=1S/C27H45N3O4/c1-8-11-13-18-28-24(31)23(22-16-14-21(10-3)15-17-22)30(19-12-9-2)25(32)20(4)29-26(33)34-27(5,6)7/h14-17,20,23H,8-13,18-19H2,1-7H3,(H,28,31)(H,29,33). The topological polar surface area (TPSA) is 87.7 Å².